The minimum atomic E-state index is 0.715. The van der Waals surface area contributed by atoms with Gasteiger partial charge in [0.1, 0.15) is 5.75 Å². The summed E-state index contributed by atoms with van der Waals surface area (Å²) >= 11 is 5.96. The standard InChI is InChI=1S/C14H11ClN2O/c1-18-13-4-2-3-12(8-13)17-9-10-7-11(15)5-6-14(10)16-17/h2-9H,1H3. The first-order chi connectivity index (χ1) is 8.76. The molecule has 0 saturated heterocycles. The highest BCUT2D eigenvalue weighted by Crippen LogP contribution is 2.21. The average Bonchev–Trinajstić information content (AvgIpc) is 2.81. The molecule has 4 heteroatoms. The van der Waals surface area contributed by atoms with Crippen molar-refractivity contribution in [3.63, 3.8) is 0 Å². The number of hydrogen-bond acceptors (Lipinski definition) is 2. The Bertz CT molecular complexity index is 706. The zero-order valence-corrected chi connectivity index (χ0v) is 10.6. The highest BCUT2D eigenvalue weighted by atomic mass is 35.5. The molecule has 2 aromatic carbocycles. The number of benzene rings is 2. The second-order valence-electron chi connectivity index (χ2n) is 3.98. The molecule has 0 radical (unpaired) electrons. The van der Waals surface area contributed by atoms with Crippen LogP contribution in [-0.2, 0) is 0 Å². The maximum atomic E-state index is 5.96. The number of hydrogen-bond donors (Lipinski definition) is 0. The fraction of sp³-hybridized carbons (Fsp3) is 0.0714. The van der Waals surface area contributed by atoms with Crippen LogP contribution in [0.15, 0.2) is 48.7 Å². The van der Waals surface area contributed by atoms with Crippen LogP contribution in [0.4, 0.5) is 0 Å². The van der Waals surface area contributed by atoms with E-state index in [1.807, 2.05) is 53.3 Å². The highest BCUT2D eigenvalue weighted by Gasteiger charge is 2.04. The van der Waals surface area contributed by atoms with E-state index in [2.05, 4.69) is 5.10 Å². The number of aromatic nitrogens is 2. The fourth-order valence-electron chi connectivity index (χ4n) is 1.88. The lowest BCUT2D eigenvalue weighted by molar-refractivity contribution is 0.414. The topological polar surface area (TPSA) is 27.1 Å². The first-order valence-corrected chi connectivity index (χ1v) is 5.93. The van der Waals surface area contributed by atoms with Crippen molar-refractivity contribution in [1.82, 2.24) is 9.78 Å². The van der Waals surface area contributed by atoms with Crippen molar-refractivity contribution >= 4 is 22.5 Å². The number of rotatable bonds is 2. The predicted molar refractivity (Wildman–Crippen MR) is 72.6 cm³/mol. The third kappa shape index (κ3) is 1.93. The Balaban J connectivity index is 2.13. The van der Waals surface area contributed by atoms with Crippen LogP contribution in [0.2, 0.25) is 5.02 Å². The molecular weight excluding hydrogens is 248 g/mol. The van der Waals surface area contributed by atoms with Gasteiger partial charge >= 0.3 is 0 Å². The lowest BCUT2D eigenvalue weighted by Crippen LogP contribution is -1.94. The summed E-state index contributed by atoms with van der Waals surface area (Å²) in [5.74, 6) is 0.810. The number of nitrogens with zero attached hydrogens (tertiary/aromatic N) is 2. The second-order valence-corrected chi connectivity index (χ2v) is 4.41. The number of ether oxygens (including phenoxy) is 1. The lowest BCUT2D eigenvalue weighted by Gasteiger charge is -2.03. The summed E-state index contributed by atoms with van der Waals surface area (Å²) in [7, 11) is 1.65. The molecule has 0 aliphatic carbocycles. The molecule has 0 aliphatic heterocycles. The quantitative estimate of drug-likeness (QED) is 0.701. The zero-order chi connectivity index (χ0) is 12.5. The van der Waals surface area contributed by atoms with Gasteiger partial charge in [0.05, 0.1) is 18.3 Å². The SMILES string of the molecule is COc1cccc(-n2cc3cc(Cl)ccc3n2)c1. The van der Waals surface area contributed by atoms with E-state index in [0.29, 0.717) is 5.02 Å². The van der Waals surface area contributed by atoms with E-state index in [1.165, 1.54) is 0 Å². The molecule has 0 spiro atoms. The molecule has 0 fully saturated rings. The molecule has 0 atom stereocenters. The van der Waals surface area contributed by atoms with E-state index in [0.717, 1.165) is 22.3 Å². The first-order valence-electron chi connectivity index (χ1n) is 5.55. The predicted octanol–water partition coefficient (Wildman–Crippen LogP) is 3.69. The van der Waals surface area contributed by atoms with Gasteiger partial charge in [0.15, 0.2) is 0 Å². The van der Waals surface area contributed by atoms with Crippen LogP contribution in [0, 0.1) is 0 Å². The van der Waals surface area contributed by atoms with Crippen molar-refractivity contribution in [2.45, 2.75) is 0 Å². The number of fused-ring (bicyclic) bond motifs is 1. The highest BCUT2D eigenvalue weighted by molar-refractivity contribution is 6.31. The third-order valence-electron chi connectivity index (χ3n) is 2.78. The summed E-state index contributed by atoms with van der Waals surface area (Å²) < 4.78 is 7.03. The maximum Gasteiger partial charge on any atom is 0.121 e. The smallest absolute Gasteiger partial charge is 0.121 e. The number of methoxy groups -OCH3 is 1. The van der Waals surface area contributed by atoms with Crippen molar-refractivity contribution in [3.05, 3.63) is 53.7 Å². The van der Waals surface area contributed by atoms with Gasteiger partial charge < -0.3 is 4.74 Å². The van der Waals surface area contributed by atoms with Crippen LogP contribution in [-0.4, -0.2) is 16.9 Å². The molecule has 1 heterocycles. The Morgan fingerprint density at radius 3 is 2.89 bits per heavy atom. The van der Waals surface area contributed by atoms with Crippen molar-refractivity contribution in [1.29, 1.82) is 0 Å². The summed E-state index contributed by atoms with van der Waals surface area (Å²) in [6.07, 6.45) is 1.95. The normalized spacial score (nSPS) is 10.8. The van der Waals surface area contributed by atoms with Crippen LogP contribution in [0.25, 0.3) is 16.6 Å². The molecule has 0 unspecified atom stereocenters. The molecule has 0 saturated carbocycles. The van der Waals surface area contributed by atoms with E-state index in [1.54, 1.807) is 7.11 Å². The largest absolute Gasteiger partial charge is 0.497 e. The monoisotopic (exact) mass is 258 g/mol. The van der Waals surface area contributed by atoms with Gasteiger partial charge in [0.25, 0.3) is 0 Å². The summed E-state index contributed by atoms with van der Waals surface area (Å²) in [4.78, 5) is 0. The molecule has 18 heavy (non-hydrogen) atoms. The lowest BCUT2D eigenvalue weighted by atomic mass is 10.2. The van der Waals surface area contributed by atoms with Gasteiger partial charge in [-0.2, -0.15) is 5.10 Å². The first kappa shape index (κ1) is 11.1. The molecule has 0 aliphatic rings. The Labute approximate surface area is 110 Å². The van der Waals surface area contributed by atoms with Gasteiger partial charge in [-0.1, -0.05) is 17.7 Å². The van der Waals surface area contributed by atoms with Crippen LogP contribution in [0.3, 0.4) is 0 Å². The van der Waals surface area contributed by atoms with Gasteiger partial charge in [-0.15, -0.1) is 0 Å². The minimum Gasteiger partial charge on any atom is -0.497 e. The average molecular weight is 259 g/mol. The van der Waals surface area contributed by atoms with Crippen LogP contribution in [0.1, 0.15) is 0 Å². The Kier molecular flexibility index (Phi) is 2.68. The van der Waals surface area contributed by atoms with Crippen molar-refractivity contribution in [2.24, 2.45) is 0 Å². The minimum absolute atomic E-state index is 0.715. The molecule has 3 aromatic rings. The van der Waals surface area contributed by atoms with E-state index in [-0.39, 0.29) is 0 Å². The fourth-order valence-corrected chi connectivity index (χ4v) is 2.06. The van der Waals surface area contributed by atoms with E-state index in [4.69, 9.17) is 16.3 Å². The van der Waals surface area contributed by atoms with Crippen LogP contribution in [0.5, 0.6) is 5.75 Å². The van der Waals surface area contributed by atoms with Gasteiger partial charge in [0.2, 0.25) is 0 Å². The van der Waals surface area contributed by atoms with Gasteiger partial charge in [-0.25, -0.2) is 4.68 Å². The number of halogens is 1. The van der Waals surface area contributed by atoms with Gasteiger partial charge in [-0.05, 0) is 30.3 Å². The van der Waals surface area contributed by atoms with Crippen LogP contribution < -0.4 is 4.74 Å². The Morgan fingerprint density at radius 1 is 1.17 bits per heavy atom. The summed E-state index contributed by atoms with van der Waals surface area (Å²) in [5.41, 5.74) is 1.88. The zero-order valence-electron chi connectivity index (χ0n) is 9.80. The molecule has 1 aromatic heterocycles. The van der Waals surface area contributed by atoms with Crippen molar-refractivity contribution in [3.8, 4) is 11.4 Å². The molecule has 0 amide bonds. The van der Waals surface area contributed by atoms with E-state index < -0.39 is 0 Å². The van der Waals surface area contributed by atoms with Crippen LogP contribution >= 0.6 is 11.6 Å². The molecule has 0 N–H and O–H groups in total. The van der Waals surface area contributed by atoms with Crippen molar-refractivity contribution < 1.29 is 4.74 Å². The summed E-state index contributed by atoms with van der Waals surface area (Å²) in [6.45, 7) is 0. The Morgan fingerprint density at radius 2 is 2.06 bits per heavy atom. The molecule has 0 bridgehead atoms. The Hall–Kier alpha value is -2.00. The maximum absolute atomic E-state index is 5.96. The van der Waals surface area contributed by atoms with Gasteiger partial charge in [-0.3, -0.25) is 0 Å². The summed E-state index contributed by atoms with van der Waals surface area (Å²) in [5, 5.41) is 6.24. The molecule has 3 nitrogen and oxygen atoms in total. The van der Waals surface area contributed by atoms with E-state index >= 15 is 0 Å². The third-order valence-corrected chi connectivity index (χ3v) is 3.02. The molecule has 90 valence electrons. The van der Waals surface area contributed by atoms with Crippen molar-refractivity contribution in [2.75, 3.05) is 7.11 Å². The van der Waals surface area contributed by atoms with Gasteiger partial charge in [0, 0.05) is 22.7 Å². The molecular formula is C14H11ClN2O. The molecule has 3 rings (SSSR count). The second kappa shape index (κ2) is 4.35. The van der Waals surface area contributed by atoms with E-state index in [9.17, 15) is 0 Å². The summed E-state index contributed by atoms with van der Waals surface area (Å²) in [6, 6.07) is 13.4.